The standard InChI is InChI=1S/C19H41N3/c1-13-16(6)22-18(9,10)20(14(2)3)17(7,8)21(15(4)5)19(22,11)12/h14-16H,13H2,1-12H3. The van der Waals surface area contributed by atoms with Crippen LogP contribution in [-0.4, -0.2) is 49.8 Å². The highest BCUT2D eigenvalue weighted by Crippen LogP contribution is 2.48. The molecular formula is C19H41N3. The van der Waals surface area contributed by atoms with Crippen LogP contribution in [0.15, 0.2) is 0 Å². The Morgan fingerprint density at radius 3 is 1.09 bits per heavy atom. The van der Waals surface area contributed by atoms with Gasteiger partial charge in [0, 0.05) is 18.1 Å². The molecule has 132 valence electrons. The minimum atomic E-state index is 0.0132. The molecule has 1 aliphatic heterocycles. The van der Waals surface area contributed by atoms with Crippen molar-refractivity contribution in [3.8, 4) is 0 Å². The predicted molar refractivity (Wildman–Crippen MR) is 97.8 cm³/mol. The van der Waals surface area contributed by atoms with Gasteiger partial charge < -0.3 is 0 Å². The van der Waals surface area contributed by atoms with E-state index < -0.39 is 0 Å². The molecule has 1 fully saturated rings. The molecular weight excluding hydrogens is 270 g/mol. The van der Waals surface area contributed by atoms with Gasteiger partial charge in [0.15, 0.2) is 0 Å². The van der Waals surface area contributed by atoms with Crippen LogP contribution in [-0.2, 0) is 0 Å². The van der Waals surface area contributed by atoms with Crippen LogP contribution in [0.4, 0.5) is 0 Å². The van der Waals surface area contributed by atoms with Crippen LogP contribution in [0.1, 0.15) is 89.5 Å². The fourth-order valence-electron chi connectivity index (χ4n) is 6.15. The van der Waals surface area contributed by atoms with E-state index in [4.69, 9.17) is 0 Å². The average molecular weight is 312 g/mol. The van der Waals surface area contributed by atoms with Crippen molar-refractivity contribution in [3.05, 3.63) is 0 Å². The Hall–Kier alpha value is -0.120. The predicted octanol–water partition coefficient (Wildman–Crippen LogP) is 4.73. The highest BCUT2D eigenvalue weighted by atomic mass is 15.6. The average Bonchev–Trinajstić information content (AvgIpc) is 2.22. The Balaban J connectivity index is 3.59. The third kappa shape index (κ3) is 2.85. The summed E-state index contributed by atoms with van der Waals surface area (Å²) in [5.41, 5.74) is 0.0449. The fourth-order valence-corrected chi connectivity index (χ4v) is 6.15. The van der Waals surface area contributed by atoms with Gasteiger partial charge in [-0.2, -0.15) is 0 Å². The van der Waals surface area contributed by atoms with Gasteiger partial charge in [-0.25, -0.2) is 0 Å². The van der Waals surface area contributed by atoms with Crippen molar-refractivity contribution in [3.63, 3.8) is 0 Å². The lowest BCUT2D eigenvalue weighted by atomic mass is 9.87. The topological polar surface area (TPSA) is 9.72 Å². The Morgan fingerprint density at radius 2 is 0.864 bits per heavy atom. The van der Waals surface area contributed by atoms with E-state index in [1.807, 2.05) is 0 Å². The van der Waals surface area contributed by atoms with Crippen molar-refractivity contribution in [1.82, 2.24) is 14.7 Å². The molecule has 0 N–H and O–H groups in total. The third-order valence-corrected chi connectivity index (χ3v) is 5.60. The van der Waals surface area contributed by atoms with Crippen LogP contribution in [0.25, 0.3) is 0 Å². The first-order chi connectivity index (χ1) is 9.73. The second kappa shape index (κ2) is 6.07. The minimum Gasteiger partial charge on any atom is -0.265 e. The number of hydrogen-bond donors (Lipinski definition) is 0. The summed E-state index contributed by atoms with van der Waals surface area (Å²) in [6, 6.07) is 1.53. The summed E-state index contributed by atoms with van der Waals surface area (Å²) in [6.45, 7) is 28.4. The summed E-state index contributed by atoms with van der Waals surface area (Å²) in [5.74, 6) is 0. The van der Waals surface area contributed by atoms with Gasteiger partial charge in [0.05, 0.1) is 17.0 Å². The van der Waals surface area contributed by atoms with E-state index in [1.165, 1.54) is 6.42 Å². The first-order valence-electron chi connectivity index (χ1n) is 9.12. The van der Waals surface area contributed by atoms with Crippen LogP contribution < -0.4 is 0 Å². The lowest BCUT2D eigenvalue weighted by molar-refractivity contribution is -0.308. The molecule has 0 aromatic heterocycles. The van der Waals surface area contributed by atoms with Gasteiger partial charge in [0.2, 0.25) is 0 Å². The van der Waals surface area contributed by atoms with Gasteiger partial charge in [-0.05, 0) is 82.6 Å². The zero-order chi connectivity index (χ0) is 17.7. The van der Waals surface area contributed by atoms with E-state index in [9.17, 15) is 0 Å². The lowest BCUT2D eigenvalue weighted by Crippen LogP contribution is -2.85. The Morgan fingerprint density at radius 1 is 0.591 bits per heavy atom. The van der Waals surface area contributed by atoms with E-state index in [0.29, 0.717) is 18.1 Å². The number of rotatable bonds is 4. The van der Waals surface area contributed by atoms with E-state index in [0.717, 1.165) is 0 Å². The van der Waals surface area contributed by atoms with Gasteiger partial charge in [-0.3, -0.25) is 14.7 Å². The molecule has 1 aliphatic rings. The molecule has 1 unspecified atom stereocenters. The first-order valence-corrected chi connectivity index (χ1v) is 9.12. The monoisotopic (exact) mass is 311 g/mol. The molecule has 0 spiro atoms. The van der Waals surface area contributed by atoms with Gasteiger partial charge in [0.25, 0.3) is 0 Å². The quantitative estimate of drug-likeness (QED) is 0.743. The minimum absolute atomic E-state index is 0.0132. The molecule has 0 saturated carbocycles. The highest BCUT2D eigenvalue weighted by molar-refractivity contribution is 5.08. The summed E-state index contributed by atoms with van der Waals surface area (Å²) in [7, 11) is 0. The van der Waals surface area contributed by atoms with E-state index in [-0.39, 0.29) is 17.0 Å². The molecule has 1 atom stereocenters. The molecule has 1 rings (SSSR count). The van der Waals surface area contributed by atoms with Crippen molar-refractivity contribution in [2.45, 2.75) is 125 Å². The normalized spacial score (nSPS) is 27.5. The third-order valence-electron chi connectivity index (χ3n) is 5.60. The highest BCUT2D eigenvalue weighted by Gasteiger charge is 2.60. The van der Waals surface area contributed by atoms with Crippen molar-refractivity contribution < 1.29 is 0 Å². The zero-order valence-electron chi connectivity index (χ0n) is 17.3. The van der Waals surface area contributed by atoms with Crippen LogP contribution in [0.2, 0.25) is 0 Å². The molecule has 0 amide bonds. The molecule has 0 bridgehead atoms. The molecule has 0 aromatic carbocycles. The summed E-state index contributed by atoms with van der Waals surface area (Å²) >= 11 is 0. The number of nitrogens with zero attached hydrogens (tertiary/aromatic N) is 3. The molecule has 1 saturated heterocycles. The largest absolute Gasteiger partial charge is 0.265 e. The zero-order valence-corrected chi connectivity index (χ0v) is 17.3. The number of hydrogen-bond acceptors (Lipinski definition) is 3. The Labute approximate surface area is 140 Å². The van der Waals surface area contributed by atoms with E-state index in [2.05, 4.69) is 97.8 Å². The summed E-state index contributed by atoms with van der Waals surface area (Å²) in [6.07, 6.45) is 1.17. The summed E-state index contributed by atoms with van der Waals surface area (Å²) < 4.78 is 0. The molecule has 22 heavy (non-hydrogen) atoms. The first kappa shape index (κ1) is 19.9. The fraction of sp³-hybridized carbons (Fsp3) is 1.00. The van der Waals surface area contributed by atoms with Crippen molar-refractivity contribution in [2.75, 3.05) is 0 Å². The maximum atomic E-state index is 2.73. The maximum Gasteiger partial charge on any atom is 0.0715 e. The summed E-state index contributed by atoms with van der Waals surface area (Å²) in [4.78, 5) is 8.11. The summed E-state index contributed by atoms with van der Waals surface area (Å²) in [5, 5.41) is 0. The van der Waals surface area contributed by atoms with Crippen LogP contribution >= 0.6 is 0 Å². The van der Waals surface area contributed by atoms with Gasteiger partial charge in [-0.15, -0.1) is 0 Å². The molecule has 0 aromatic rings. The van der Waals surface area contributed by atoms with Crippen LogP contribution in [0, 0.1) is 0 Å². The molecule has 3 heteroatoms. The molecule has 0 radical (unpaired) electrons. The maximum absolute atomic E-state index is 2.73. The second-order valence-corrected chi connectivity index (χ2v) is 9.04. The smallest absolute Gasteiger partial charge is 0.0715 e. The van der Waals surface area contributed by atoms with Crippen molar-refractivity contribution >= 4 is 0 Å². The van der Waals surface area contributed by atoms with Gasteiger partial charge >= 0.3 is 0 Å². The molecule has 0 aliphatic carbocycles. The van der Waals surface area contributed by atoms with Gasteiger partial charge in [0.1, 0.15) is 0 Å². The van der Waals surface area contributed by atoms with Gasteiger partial charge in [-0.1, -0.05) is 6.92 Å². The van der Waals surface area contributed by atoms with Crippen LogP contribution in [0.5, 0.6) is 0 Å². The van der Waals surface area contributed by atoms with Crippen molar-refractivity contribution in [1.29, 1.82) is 0 Å². The van der Waals surface area contributed by atoms with E-state index >= 15 is 0 Å². The van der Waals surface area contributed by atoms with Crippen LogP contribution in [0.3, 0.4) is 0 Å². The second-order valence-electron chi connectivity index (χ2n) is 9.04. The molecule has 3 nitrogen and oxygen atoms in total. The molecule has 1 heterocycles. The van der Waals surface area contributed by atoms with Crippen molar-refractivity contribution in [2.24, 2.45) is 0 Å². The Kier molecular flexibility index (Phi) is 5.50. The van der Waals surface area contributed by atoms with E-state index in [1.54, 1.807) is 0 Å². The SMILES string of the molecule is CCC(C)N1C(C)(C)N(C(C)C)C(C)(C)N(C(C)C)C1(C)C. The Bertz CT molecular complexity index is 352. The lowest BCUT2D eigenvalue weighted by Gasteiger charge is -2.72.